The third kappa shape index (κ3) is 3.28. The van der Waals surface area contributed by atoms with E-state index in [4.69, 9.17) is 16.3 Å². The molecule has 1 saturated carbocycles. The van der Waals surface area contributed by atoms with Crippen molar-refractivity contribution in [3.05, 3.63) is 34.6 Å². The fraction of sp³-hybridized carbons (Fsp3) is 0.600. The van der Waals surface area contributed by atoms with Gasteiger partial charge in [0.2, 0.25) is 0 Å². The van der Waals surface area contributed by atoms with Crippen LogP contribution in [0.3, 0.4) is 0 Å². The summed E-state index contributed by atoms with van der Waals surface area (Å²) in [5, 5.41) is 4.23. The van der Waals surface area contributed by atoms with Gasteiger partial charge in [0, 0.05) is 29.6 Å². The molecule has 1 heterocycles. The molecule has 2 aliphatic rings. The molecule has 1 aliphatic heterocycles. The number of halogens is 2. The Morgan fingerprint density at radius 3 is 2.95 bits per heavy atom. The zero-order valence-electron chi connectivity index (χ0n) is 10.9. The molecule has 1 aromatic carbocycles. The summed E-state index contributed by atoms with van der Waals surface area (Å²) in [5.41, 5.74) is 0.963. The highest BCUT2D eigenvalue weighted by Gasteiger charge is 2.37. The van der Waals surface area contributed by atoms with E-state index in [0.717, 1.165) is 38.2 Å². The first-order valence-electron chi connectivity index (χ1n) is 6.92. The Balaban J connectivity index is 1.74. The van der Waals surface area contributed by atoms with Crippen molar-refractivity contribution in [2.24, 2.45) is 5.41 Å². The number of ether oxygens (including phenoxy) is 1. The first kappa shape index (κ1) is 13.3. The molecule has 19 heavy (non-hydrogen) atoms. The van der Waals surface area contributed by atoms with Gasteiger partial charge in [-0.05, 0) is 49.4 Å². The van der Waals surface area contributed by atoms with E-state index in [2.05, 4.69) is 5.32 Å². The zero-order valence-corrected chi connectivity index (χ0v) is 11.7. The quantitative estimate of drug-likeness (QED) is 0.896. The van der Waals surface area contributed by atoms with Crippen LogP contribution in [-0.2, 0) is 11.2 Å². The van der Waals surface area contributed by atoms with Gasteiger partial charge in [-0.15, -0.1) is 0 Å². The first-order valence-corrected chi connectivity index (χ1v) is 7.30. The van der Waals surface area contributed by atoms with Gasteiger partial charge in [-0.3, -0.25) is 0 Å². The number of hydrogen-bond donors (Lipinski definition) is 1. The van der Waals surface area contributed by atoms with Crippen LogP contribution in [-0.4, -0.2) is 25.8 Å². The molecule has 1 unspecified atom stereocenters. The monoisotopic (exact) mass is 283 g/mol. The molecule has 104 valence electrons. The van der Waals surface area contributed by atoms with Crippen molar-refractivity contribution < 1.29 is 9.13 Å². The molecule has 0 amide bonds. The summed E-state index contributed by atoms with van der Waals surface area (Å²) < 4.78 is 18.9. The van der Waals surface area contributed by atoms with Crippen molar-refractivity contribution in [1.82, 2.24) is 5.32 Å². The Morgan fingerprint density at radius 2 is 2.26 bits per heavy atom. The molecule has 1 N–H and O–H groups in total. The highest BCUT2D eigenvalue weighted by Crippen LogP contribution is 2.35. The minimum Gasteiger partial charge on any atom is -0.381 e. The number of nitrogens with one attached hydrogen (secondary N) is 1. The predicted molar refractivity (Wildman–Crippen MR) is 74.0 cm³/mol. The minimum atomic E-state index is -0.219. The molecule has 1 saturated heterocycles. The van der Waals surface area contributed by atoms with Crippen molar-refractivity contribution in [2.45, 2.75) is 31.7 Å². The molecule has 1 aromatic rings. The average Bonchev–Trinajstić information content (AvgIpc) is 3.12. The molecule has 4 heteroatoms. The van der Waals surface area contributed by atoms with Crippen LogP contribution in [0.5, 0.6) is 0 Å². The molecular weight excluding hydrogens is 265 g/mol. The van der Waals surface area contributed by atoms with Crippen LogP contribution in [0.2, 0.25) is 5.02 Å². The first-order chi connectivity index (χ1) is 9.17. The molecule has 1 atom stereocenters. The molecule has 2 nitrogen and oxygen atoms in total. The van der Waals surface area contributed by atoms with Crippen LogP contribution in [0.15, 0.2) is 18.2 Å². The molecule has 1 aliphatic carbocycles. The number of rotatable bonds is 5. The minimum absolute atomic E-state index is 0.0695. The van der Waals surface area contributed by atoms with Crippen molar-refractivity contribution in [1.29, 1.82) is 0 Å². The van der Waals surface area contributed by atoms with E-state index in [9.17, 15) is 4.39 Å². The maximum atomic E-state index is 13.4. The van der Waals surface area contributed by atoms with Crippen LogP contribution >= 0.6 is 11.6 Å². The van der Waals surface area contributed by atoms with Gasteiger partial charge in [0.15, 0.2) is 0 Å². The predicted octanol–water partition coefficient (Wildman–Crippen LogP) is 3.18. The summed E-state index contributed by atoms with van der Waals surface area (Å²) in [7, 11) is 0. The zero-order chi connectivity index (χ0) is 13.3. The van der Waals surface area contributed by atoms with Crippen molar-refractivity contribution in [2.75, 3.05) is 19.8 Å². The fourth-order valence-electron chi connectivity index (χ4n) is 2.72. The van der Waals surface area contributed by atoms with Crippen LogP contribution in [0, 0.1) is 11.2 Å². The summed E-state index contributed by atoms with van der Waals surface area (Å²) in [6, 6.07) is 5.29. The largest absolute Gasteiger partial charge is 0.381 e. The Kier molecular flexibility index (Phi) is 3.79. The molecule has 3 rings (SSSR count). The van der Waals surface area contributed by atoms with Crippen LogP contribution in [0.25, 0.3) is 0 Å². The maximum absolute atomic E-state index is 13.4. The van der Waals surface area contributed by atoms with Gasteiger partial charge in [0.05, 0.1) is 6.61 Å². The average molecular weight is 284 g/mol. The van der Waals surface area contributed by atoms with Crippen molar-refractivity contribution in [3.63, 3.8) is 0 Å². The third-order valence-corrected chi connectivity index (χ3v) is 4.47. The molecule has 0 spiro atoms. The van der Waals surface area contributed by atoms with Gasteiger partial charge in [-0.25, -0.2) is 4.39 Å². The molecule has 0 aromatic heterocycles. The number of benzene rings is 1. The maximum Gasteiger partial charge on any atom is 0.123 e. The molecule has 2 fully saturated rings. The topological polar surface area (TPSA) is 21.3 Å². The lowest BCUT2D eigenvalue weighted by Crippen LogP contribution is -2.37. The normalized spacial score (nSPS) is 26.8. The van der Waals surface area contributed by atoms with Crippen LogP contribution in [0.1, 0.15) is 24.8 Å². The van der Waals surface area contributed by atoms with E-state index in [-0.39, 0.29) is 11.2 Å². The van der Waals surface area contributed by atoms with E-state index in [1.54, 1.807) is 12.1 Å². The molecule has 0 bridgehead atoms. The van der Waals surface area contributed by atoms with E-state index < -0.39 is 0 Å². The van der Waals surface area contributed by atoms with E-state index in [0.29, 0.717) is 11.1 Å². The Labute approximate surface area is 118 Å². The van der Waals surface area contributed by atoms with Gasteiger partial charge >= 0.3 is 0 Å². The Hall–Kier alpha value is -0.640. The Bertz CT molecular complexity index is 455. The second-order valence-corrected chi connectivity index (χ2v) is 6.28. The lowest BCUT2D eigenvalue weighted by Gasteiger charge is -2.28. The highest BCUT2D eigenvalue weighted by atomic mass is 35.5. The van der Waals surface area contributed by atoms with E-state index in [1.807, 2.05) is 0 Å². The van der Waals surface area contributed by atoms with Gasteiger partial charge < -0.3 is 10.1 Å². The van der Waals surface area contributed by atoms with Gasteiger partial charge in [0.25, 0.3) is 0 Å². The SMILES string of the molecule is Fc1ccc(Cl)c(CC2(CNC3CC3)CCOC2)c1. The molecule has 0 radical (unpaired) electrons. The highest BCUT2D eigenvalue weighted by molar-refractivity contribution is 6.31. The summed E-state index contributed by atoms with van der Waals surface area (Å²) in [6.45, 7) is 2.46. The standard InChI is InChI=1S/C15H19ClFNO/c16-14-4-1-12(17)7-11(14)8-15(5-6-19-10-15)9-18-13-2-3-13/h1,4,7,13,18H,2-3,5-6,8-10H2. The van der Waals surface area contributed by atoms with Gasteiger partial charge in [0.1, 0.15) is 5.82 Å². The van der Waals surface area contributed by atoms with Crippen molar-refractivity contribution in [3.8, 4) is 0 Å². The van der Waals surface area contributed by atoms with Gasteiger partial charge in [-0.1, -0.05) is 11.6 Å². The van der Waals surface area contributed by atoms with Crippen LogP contribution < -0.4 is 5.32 Å². The number of hydrogen-bond acceptors (Lipinski definition) is 2. The smallest absolute Gasteiger partial charge is 0.123 e. The fourth-order valence-corrected chi connectivity index (χ4v) is 2.91. The Morgan fingerprint density at radius 1 is 1.42 bits per heavy atom. The second kappa shape index (κ2) is 5.39. The second-order valence-electron chi connectivity index (χ2n) is 5.87. The van der Waals surface area contributed by atoms with Crippen LogP contribution in [0.4, 0.5) is 4.39 Å². The van der Waals surface area contributed by atoms with Crippen molar-refractivity contribution >= 4 is 11.6 Å². The summed E-state index contributed by atoms with van der Waals surface area (Å²) in [4.78, 5) is 0. The summed E-state index contributed by atoms with van der Waals surface area (Å²) in [6.07, 6.45) is 4.35. The summed E-state index contributed by atoms with van der Waals surface area (Å²) >= 11 is 6.18. The van der Waals surface area contributed by atoms with E-state index in [1.165, 1.54) is 18.9 Å². The third-order valence-electron chi connectivity index (χ3n) is 4.10. The van der Waals surface area contributed by atoms with Gasteiger partial charge in [-0.2, -0.15) is 0 Å². The molecular formula is C15H19ClFNO. The summed E-state index contributed by atoms with van der Waals surface area (Å²) in [5.74, 6) is -0.219. The lowest BCUT2D eigenvalue weighted by atomic mass is 9.80. The van der Waals surface area contributed by atoms with E-state index >= 15 is 0 Å². The lowest BCUT2D eigenvalue weighted by molar-refractivity contribution is 0.149.